The van der Waals surface area contributed by atoms with Crippen molar-refractivity contribution >= 4 is 11.7 Å². The third-order valence-corrected chi connectivity index (χ3v) is 7.27. The highest BCUT2D eigenvalue weighted by Gasteiger charge is 2.29. The first-order valence-electron chi connectivity index (χ1n) is 12.9. The van der Waals surface area contributed by atoms with Crippen molar-refractivity contribution in [2.75, 3.05) is 19.8 Å². The van der Waals surface area contributed by atoms with Crippen LogP contribution in [0.25, 0.3) is 0 Å². The lowest BCUT2D eigenvalue weighted by Gasteiger charge is -2.29. The number of Topliss-reactive ketones (excluding diaryl/α,β-unsaturated/α-hetero) is 1. The van der Waals surface area contributed by atoms with Gasteiger partial charge in [-0.25, -0.2) is 0 Å². The predicted molar refractivity (Wildman–Crippen MR) is 125 cm³/mol. The van der Waals surface area contributed by atoms with Crippen molar-refractivity contribution in [3.8, 4) is 0 Å². The fourth-order valence-corrected chi connectivity index (χ4v) is 4.90. The highest BCUT2D eigenvalue weighted by Crippen LogP contribution is 2.30. The van der Waals surface area contributed by atoms with Crippen LogP contribution in [0.5, 0.6) is 0 Å². The van der Waals surface area contributed by atoms with E-state index < -0.39 is 0 Å². The molecule has 0 heterocycles. The van der Waals surface area contributed by atoms with Gasteiger partial charge in [-0.2, -0.15) is 0 Å². The molecule has 180 valence electrons. The minimum absolute atomic E-state index is 0.131. The zero-order valence-electron chi connectivity index (χ0n) is 20.5. The van der Waals surface area contributed by atoms with Crippen molar-refractivity contribution in [1.82, 2.24) is 5.32 Å². The van der Waals surface area contributed by atoms with E-state index in [1.807, 2.05) is 6.92 Å². The summed E-state index contributed by atoms with van der Waals surface area (Å²) in [4.78, 5) is 24.6. The van der Waals surface area contributed by atoms with Crippen LogP contribution in [0.15, 0.2) is 0 Å². The second kappa shape index (κ2) is 14.3. The molecule has 5 nitrogen and oxygen atoms in total. The Balaban J connectivity index is 1.48. The molecule has 1 unspecified atom stereocenters. The Morgan fingerprint density at radius 2 is 1.52 bits per heavy atom. The summed E-state index contributed by atoms with van der Waals surface area (Å²) in [5, 5.41) is 3.17. The van der Waals surface area contributed by atoms with Crippen LogP contribution in [-0.2, 0) is 19.1 Å². The van der Waals surface area contributed by atoms with E-state index in [0.717, 1.165) is 51.7 Å². The second-order valence-electron chi connectivity index (χ2n) is 10.3. The van der Waals surface area contributed by atoms with Crippen LogP contribution in [0.2, 0.25) is 0 Å². The van der Waals surface area contributed by atoms with E-state index >= 15 is 0 Å². The molecule has 1 atom stereocenters. The van der Waals surface area contributed by atoms with E-state index in [4.69, 9.17) is 9.47 Å². The zero-order chi connectivity index (χ0) is 22.6. The zero-order valence-corrected chi connectivity index (χ0v) is 20.5. The van der Waals surface area contributed by atoms with Gasteiger partial charge in [0.05, 0.1) is 6.10 Å². The molecule has 2 fully saturated rings. The number of hydrogen-bond donors (Lipinski definition) is 1. The fraction of sp³-hybridized carbons (Fsp3) is 0.923. The molecule has 0 spiro atoms. The van der Waals surface area contributed by atoms with Gasteiger partial charge >= 0.3 is 0 Å². The number of carbonyl (C=O) groups is 2. The second-order valence-corrected chi connectivity index (χ2v) is 10.3. The third-order valence-electron chi connectivity index (χ3n) is 7.27. The van der Waals surface area contributed by atoms with E-state index in [2.05, 4.69) is 26.1 Å². The van der Waals surface area contributed by atoms with Crippen molar-refractivity contribution in [1.29, 1.82) is 0 Å². The van der Waals surface area contributed by atoms with Gasteiger partial charge in [-0.15, -0.1) is 0 Å². The number of amides is 1. The lowest BCUT2D eigenvalue weighted by Crippen LogP contribution is -2.39. The molecule has 1 N–H and O–H groups in total. The first-order chi connectivity index (χ1) is 14.9. The van der Waals surface area contributed by atoms with Crippen molar-refractivity contribution in [3.05, 3.63) is 0 Å². The monoisotopic (exact) mass is 437 g/mol. The van der Waals surface area contributed by atoms with Gasteiger partial charge in [0.15, 0.2) is 0 Å². The molecule has 2 aliphatic carbocycles. The van der Waals surface area contributed by atoms with Gasteiger partial charge in [0.1, 0.15) is 5.78 Å². The SMILES string of the molecule is CCC(C)C(=O)C1CCC(NC(=O)CCCOCC2CCC(COC(C)C)CC2)CC1. The maximum Gasteiger partial charge on any atom is 0.220 e. The standard InChI is InChI=1S/C26H47NO4/c1-5-20(4)26(29)23-12-14-24(15-13-23)27-25(28)7-6-16-30-17-21-8-10-22(11-9-21)18-31-19(2)3/h19-24H,5-18H2,1-4H3,(H,27,28). The quantitative estimate of drug-likeness (QED) is 0.397. The van der Waals surface area contributed by atoms with Crippen LogP contribution >= 0.6 is 0 Å². The van der Waals surface area contributed by atoms with E-state index in [0.29, 0.717) is 36.8 Å². The van der Waals surface area contributed by atoms with E-state index in [-0.39, 0.29) is 23.8 Å². The highest BCUT2D eigenvalue weighted by molar-refractivity contribution is 5.83. The smallest absolute Gasteiger partial charge is 0.220 e. The predicted octanol–water partition coefficient (Wildman–Crippen LogP) is 5.30. The van der Waals surface area contributed by atoms with Crippen molar-refractivity contribution in [2.45, 2.75) is 110 Å². The molecule has 0 bridgehead atoms. The Labute approximate surface area is 190 Å². The number of nitrogens with one attached hydrogen (secondary N) is 1. The lowest BCUT2D eigenvalue weighted by atomic mass is 9.79. The van der Waals surface area contributed by atoms with Crippen LogP contribution in [0.3, 0.4) is 0 Å². The van der Waals surface area contributed by atoms with E-state index in [1.165, 1.54) is 25.7 Å². The summed E-state index contributed by atoms with van der Waals surface area (Å²) in [6.07, 6.45) is 11.2. The number of ether oxygens (including phenoxy) is 2. The average molecular weight is 438 g/mol. The van der Waals surface area contributed by atoms with Gasteiger partial charge in [0.2, 0.25) is 5.91 Å². The molecule has 2 saturated carbocycles. The Morgan fingerprint density at radius 3 is 2.10 bits per heavy atom. The highest BCUT2D eigenvalue weighted by atomic mass is 16.5. The third kappa shape index (κ3) is 10.0. The van der Waals surface area contributed by atoms with Crippen LogP contribution in [0.1, 0.15) is 98.3 Å². The molecule has 0 aliphatic heterocycles. The molecule has 0 saturated heterocycles. The fourth-order valence-electron chi connectivity index (χ4n) is 4.90. The summed E-state index contributed by atoms with van der Waals surface area (Å²) in [6.45, 7) is 10.7. The summed E-state index contributed by atoms with van der Waals surface area (Å²) < 4.78 is 11.6. The summed E-state index contributed by atoms with van der Waals surface area (Å²) in [6, 6.07) is 0.240. The van der Waals surface area contributed by atoms with Crippen LogP contribution in [0, 0.1) is 23.7 Å². The molecule has 0 aromatic rings. The minimum atomic E-state index is 0.131. The van der Waals surface area contributed by atoms with Crippen LogP contribution < -0.4 is 5.32 Å². The largest absolute Gasteiger partial charge is 0.381 e. The number of hydrogen-bond acceptors (Lipinski definition) is 4. The number of ketones is 1. The molecular formula is C26H47NO4. The van der Waals surface area contributed by atoms with Gasteiger partial charge in [-0.05, 0) is 89.9 Å². The Bertz CT molecular complexity index is 520. The molecule has 1 amide bonds. The van der Waals surface area contributed by atoms with Crippen molar-refractivity contribution in [3.63, 3.8) is 0 Å². The summed E-state index contributed by atoms with van der Waals surface area (Å²) in [5.74, 6) is 2.30. The summed E-state index contributed by atoms with van der Waals surface area (Å²) >= 11 is 0. The topological polar surface area (TPSA) is 64.6 Å². The summed E-state index contributed by atoms with van der Waals surface area (Å²) in [7, 11) is 0. The molecular weight excluding hydrogens is 390 g/mol. The molecule has 5 heteroatoms. The Morgan fingerprint density at radius 1 is 0.903 bits per heavy atom. The van der Waals surface area contributed by atoms with Gasteiger partial charge < -0.3 is 14.8 Å². The summed E-state index contributed by atoms with van der Waals surface area (Å²) in [5.41, 5.74) is 0. The van der Waals surface area contributed by atoms with Crippen molar-refractivity contribution in [2.24, 2.45) is 23.7 Å². The molecule has 0 radical (unpaired) electrons. The molecule has 0 aromatic carbocycles. The van der Waals surface area contributed by atoms with Gasteiger partial charge in [-0.1, -0.05) is 13.8 Å². The first-order valence-corrected chi connectivity index (χ1v) is 12.9. The number of rotatable bonds is 13. The molecule has 0 aromatic heterocycles. The van der Waals surface area contributed by atoms with E-state index in [9.17, 15) is 9.59 Å². The van der Waals surface area contributed by atoms with Crippen LogP contribution in [0.4, 0.5) is 0 Å². The molecule has 2 aliphatic rings. The number of carbonyl (C=O) groups excluding carboxylic acids is 2. The molecule has 2 rings (SSSR count). The maximum absolute atomic E-state index is 12.3. The average Bonchev–Trinajstić information content (AvgIpc) is 2.77. The first kappa shape index (κ1) is 26.3. The Kier molecular flexibility index (Phi) is 12.1. The van der Waals surface area contributed by atoms with Gasteiger partial charge in [-0.3, -0.25) is 9.59 Å². The Hall–Kier alpha value is -0.940. The lowest BCUT2D eigenvalue weighted by molar-refractivity contribution is -0.127. The van der Waals surface area contributed by atoms with Gasteiger partial charge in [0.25, 0.3) is 0 Å². The van der Waals surface area contributed by atoms with Crippen LogP contribution in [-0.4, -0.2) is 43.7 Å². The minimum Gasteiger partial charge on any atom is -0.381 e. The normalized spacial score (nSPS) is 27.8. The van der Waals surface area contributed by atoms with Gasteiger partial charge in [0, 0.05) is 44.1 Å². The van der Waals surface area contributed by atoms with E-state index in [1.54, 1.807) is 0 Å². The maximum atomic E-state index is 12.3. The molecule has 31 heavy (non-hydrogen) atoms. The van der Waals surface area contributed by atoms with Crippen molar-refractivity contribution < 1.29 is 19.1 Å².